The van der Waals surface area contributed by atoms with Gasteiger partial charge >= 0.3 is 5.97 Å². The summed E-state index contributed by atoms with van der Waals surface area (Å²) >= 11 is 1.65. The molecule has 0 saturated carbocycles. The lowest BCUT2D eigenvalue weighted by atomic mass is 10.1. The summed E-state index contributed by atoms with van der Waals surface area (Å²) in [6.45, 7) is 0. The van der Waals surface area contributed by atoms with Crippen molar-refractivity contribution in [2.75, 3.05) is 13.4 Å². The van der Waals surface area contributed by atoms with E-state index in [-0.39, 0.29) is 18.4 Å². The fourth-order valence-electron chi connectivity index (χ4n) is 1.34. The number of hydrogen-bond donors (Lipinski definition) is 1. The molecule has 0 aliphatic rings. The molecule has 1 aromatic rings. The first-order valence-electron chi connectivity index (χ1n) is 4.64. The molecule has 1 aromatic carbocycles. The molecule has 2 N–H and O–H groups in total. The largest absolute Gasteiger partial charge is 0.468 e. The first-order chi connectivity index (χ1) is 7.19. The number of thioether (sulfide) groups is 1. The minimum atomic E-state index is -0.580. The van der Waals surface area contributed by atoms with Crippen molar-refractivity contribution in [2.45, 2.75) is 17.4 Å². The minimum Gasteiger partial charge on any atom is -0.468 e. The zero-order valence-electron chi connectivity index (χ0n) is 9.30. The van der Waals surface area contributed by atoms with Gasteiger partial charge in [0.1, 0.15) is 6.04 Å². The van der Waals surface area contributed by atoms with Crippen LogP contribution in [0.1, 0.15) is 5.56 Å². The molecule has 0 radical (unpaired) electrons. The Morgan fingerprint density at radius 3 is 2.69 bits per heavy atom. The van der Waals surface area contributed by atoms with Crippen molar-refractivity contribution in [1.29, 1.82) is 0 Å². The van der Waals surface area contributed by atoms with Crippen LogP contribution in [0, 0.1) is 0 Å². The molecular weight excluding hydrogens is 246 g/mol. The number of esters is 1. The molecule has 0 aliphatic heterocycles. The van der Waals surface area contributed by atoms with Crippen molar-refractivity contribution < 1.29 is 9.53 Å². The summed E-state index contributed by atoms with van der Waals surface area (Å²) in [5.41, 5.74) is 6.79. The van der Waals surface area contributed by atoms with Crippen LogP contribution in [0.25, 0.3) is 0 Å². The van der Waals surface area contributed by atoms with Crippen molar-refractivity contribution in [3.05, 3.63) is 29.8 Å². The highest BCUT2D eigenvalue weighted by atomic mass is 35.5. The van der Waals surface area contributed by atoms with Gasteiger partial charge in [0.15, 0.2) is 0 Å². The Labute approximate surface area is 106 Å². The van der Waals surface area contributed by atoms with Crippen LogP contribution in [-0.4, -0.2) is 25.4 Å². The van der Waals surface area contributed by atoms with Crippen LogP contribution in [0.2, 0.25) is 0 Å². The molecule has 90 valence electrons. The molecule has 0 aromatic heterocycles. The lowest BCUT2D eigenvalue weighted by molar-refractivity contribution is -0.142. The molecule has 0 amide bonds. The monoisotopic (exact) mass is 261 g/mol. The lowest BCUT2D eigenvalue weighted by Gasteiger charge is -2.11. The second-order valence-corrected chi connectivity index (χ2v) is 3.99. The van der Waals surface area contributed by atoms with E-state index in [1.807, 2.05) is 30.5 Å². The molecule has 3 nitrogen and oxygen atoms in total. The summed E-state index contributed by atoms with van der Waals surface area (Å²) in [5.74, 6) is -0.370. The molecular formula is C11H16ClNO2S. The van der Waals surface area contributed by atoms with Gasteiger partial charge in [-0.2, -0.15) is 0 Å². The third-order valence-corrected chi connectivity index (χ3v) is 2.97. The van der Waals surface area contributed by atoms with Gasteiger partial charge in [0.2, 0.25) is 0 Å². The first-order valence-corrected chi connectivity index (χ1v) is 5.86. The fraction of sp³-hybridized carbons (Fsp3) is 0.364. The Kier molecular flexibility index (Phi) is 7.21. The van der Waals surface area contributed by atoms with Crippen LogP contribution in [-0.2, 0) is 16.0 Å². The number of methoxy groups -OCH3 is 1. The molecule has 0 aliphatic carbocycles. The van der Waals surface area contributed by atoms with Gasteiger partial charge in [0.05, 0.1) is 7.11 Å². The highest BCUT2D eigenvalue weighted by molar-refractivity contribution is 7.98. The summed E-state index contributed by atoms with van der Waals surface area (Å²) in [4.78, 5) is 12.3. The molecule has 0 fully saturated rings. The number of hydrogen-bond acceptors (Lipinski definition) is 4. The predicted octanol–water partition coefficient (Wildman–Crippen LogP) is 1.87. The summed E-state index contributed by atoms with van der Waals surface area (Å²) in [6.07, 6.45) is 2.52. The lowest BCUT2D eigenvalue weighted by Crippen LogP contribution is -2.33. The number of benzene rings is 1. The van der Waals surface area contributed by atoms with Gasteiger partial charge in [-0.25, -0.2) is 0 Å². The molecule has 0 unspecified atom stereocenters. The first kappa shape index (κ1) is 15.3. The Morgan fingerprint density at radius 1 is 1.50 bits per heavy atom. The average molecular weight is 262 g/mol. The van der Waals surface area contributed by atoms with Crippen molar-refractivity contribution in [3.63, 3.8) is 0 Å². The Hall–Kier alpha value is -0.710. The maximum Gasteiger partial charge on any atom is 0.322 e. The van der Waals surface area contributed by atoms with Crippen LogP contribution in [0.5, 0.6) is 0 Å². The maximum absolute atomic E-state index is 11.2. The van der Waals surface area contributed by atoms with Crippen molar-refractivity contribution in [3.8, 4) is 0 Å². The van der Waals surface area contributed by atoms with Crippen molar-refractivity contribution in [1.82, 2.24) is 0 Å². The number of carbonyl (C=O) groups is 1. The Balaban J connectivity index is 0.00000225. The summed E-state index contributed by atoms with van der Waals surface area (Å²) in [5, 5.41) is 0. The second kappa shape index (κ2) is 7.54. The average Bonchev–Trinajstić information content (AvgIpc) is 2.28. The van der Waals surface area contributed by atoms with Crippen LogP contribution in [0.15, 0.2) is 29.2 Å². The number of halogens is 1. The third-order valence-electron chi connectivity index (χ3n) is 2.14. The summed E-state index contributed by atoms with van der Waals surface area (Å²) in [7, 11) is 1.35. The maximum atomic E-state index is 11.2. The minimum absolute atomic E-state index is 0. The van der Waals surface area contributed by atoms with E-state index in [4.69, 9.17) is 5.73 Å². The van der Waals surface area contributed by atoms with Crippen LogP contribution in [0.3, 0.4) is 0 Å². The standard InChI is InChI=1S/C11H15NO2S.ClH/c1-14-11(13)9(12)7-8-5-3-4-6-10(8)15-2;/h3-6,9H,7,12H2,1-2H3;1H/t9-;/m0./s1. The van der Waals surface area contributed by atoms with Gasteiger partial charge in [-0.1, -0.05) is 18.2 Å². The van der Waals surface area contributed by atoms with Gasteiger partial charge in [-0.15, -0.1) is 24.2 Å². The molecule has 0 heterocycles. The van der Waals surface area contributed by atoms with E-state index < -0.39 is 6.04 Å². The number of carbonyl (C=O) groups excluding carboxylic acids is 1. The molecule has 1 atom stereocenters. The van der Waals surface area contributed by atoms with Gasteiger partial charge in [0, 0.05) is 4.90 Å². The van der Waals surface area contributed by atoms with Crippen molar-refractivity contribution >= 4 is 30.1 Å². The van der Waals surface area contributed by atoms with E-state index in [0.29, 0.717) is 6.42 Å². The van der Waals surface area contributed by atoms with Crippen molar-refractivity contribution in [2.24, 2.45) is 5.73 Å². The van der Waals surface area contributed by atoms with Gasteiger partial charge in [0.25, 0.3) is 0 Å². The highest BCUT2D eigenvalue weighted by Gasteiger charge is 2.15. The zero-order valence-corrected chi connectivity index (χ0v) is 10.9. The smallest absolute Gasteiger partial charge is 0.322 e. The second-order valence-electron chi connectivity index (χ2n) is 3.15. The Morgan fingerprint density at radius 2 is 2.12 bits per heavy atom. The summed E-state index contributed by atoms with van der Waals surface area (Å²) in [6, 6.07) is 7.33. The predicted molar refractivity (Wildman–Crippen MR) is 69.2 cm³/mol. The van der Waals surface area contributed by atoms with E-state index in [2.05, 4.69) is 4.74 Å². The summed E-state index contributed by atoms with van der Waals surface area (Å²) < 4.78 is 4.59. The van der Waals surface area contributed by atoms with Crippen LogP contribution < -0.4 is 5.73 Å². The highest BCUT2D eigenvalue weighted by Crippen LogP contribution is 2.20. The van der Waals surface area contributed by atoms with E-state index in [9.17, 15) is 4.79 Å². The normalized spacial score (nSPS) is 11.4. The van der Waals surface area contributed by atoms with E-state index in [0.717, 1.165) is 10.5 Å². The van der Waals surface area contributed by atoms with E-state index >= 15 is 0 Å². The zero-order chi connectivity index (χ0) is 11.3. The topological polar surface area (TPSA) is 52.3 Å². The molecule has 1 rings (SSSR count). The van der Waals surface area contributed by atoms with E-state index in [1.165, 1.54) is 7.11 Å². The molecule has 0 bridgehead atoms. The van der Waals surface area contributed by atoms with Gasteiger partial charge in [-0.3, -0.25) is 4.79 Å². The van der Waals surface area contributed by atoms with Gasteiger partial charge in [-0.05, 0) is 24.3 Å². The van der Waals surface area contributed by atoms with Gasteiger partial charge < -0.3 is 10.5 Å². The quantitative estimate of drug-likeness (QED) is 0.664. The number of rotatable bonds is 4. The molecule has 0 saturated heterocycles. The molecule has 0 spiro atoms. The van der Waals surface area contributed by atoms with Crippen LogP contribution in [0.4, 0.5) is 0 Å². The number of ether oxygens (including phenoxy) is 1. The number of nitrogens with two attached hydrogens (primary N) is 1. The SMILES string of the molecule is COC(=O)[C@@H](N)Cc1ccccc1SC.Cl. The third kappa shape index (κ3) is 4.04. The fourth-order valence-corrected chi connectivity index (χ4v) is 1.97. The molecule has 5 heteroatoms. The van der Waals surface area contributed by atoms with Crippen LogP contribution >= 0.6 is 24.2 Å². The van der Waals surface area contributed by atoms with E-state index in [1.54, 1.807) is 11.8 Å². The Bertz CT molecular complexity index is 347. The molecule has 16 heavy (non-hydrogen) atoms.